The standard InChI is InChI=1S/C30H36F2N4O2/c1-18(14-27-20(3)34-10-7-24(27)15-26(33-6)17-29(38)35-32)21(4)36-11-8-23(9-12-36)30-19(2)13-25(22(5)37)16-28(30)31/h7-8,10,13-14,16-17,21,33H,9,11-12,15H2,1-6H3,(H,35,38)/b18-14+,26-17+. The molecule has 0 radical (unpaired) electrons. The van der Waals surface area contributed by atoms with E-state index in [0.717, 1.165) is 45.6 Å². The zero-order chi connectivity index (χ0) is 28.0. The lowest BCUT2D eigenvalue weighted by Gasteiger charge is -2.33. The molecule has 1 aromatic heterocycles. The third kappa shape index (κ3) is 6.81. The number of halogens is 2. The predicted octanol–water partition coefficient (Wildman–Crippen LogP) is 5.27. The maximum Gasteiger partial charge on any atom is 0.273 e. The van der Waals surface area contributed by atoms with Crippen molar-refractivity contribution in [3.8, 4) is 0 Å². The van der Waals surface area contributed by atoms with Gasteiger partial charge in [0.05, 0.1) is 0 Å². The third-order valence-corrected chi connectivity index (χ3v) is 7.21. The summed E-state index contributed by atoms with van der Waals surface area (Å²) in [5.41, 5.74) is 8.38. The molecule has 1 atom stereocenters. The van der Waals surface area contributed by atoms with Crippen molar-refractivity contribution in [1.29, 1.82) is 0 Å². The molecule has 1 aliphatic rings. The van der Waals surface area contributed by atoms with E-state index in [1.807, 2.05) is 19.9 Å². The highest BCUT2D eigenvalue weighted by Gasteiger charge is 2.22. The molecule has 0 bridgehead atoms. The lowest BCUT2D eigenvalue weighted by atomic mass is 9.92. The Balaban J connectivity index is 1.81. The van der Waals surface area contributed by atoms with E-state index in [1.165, 1.54) is 19.1 Å². The summed E-state index contributed by atoms with van der Waals surface area (Å²) in [6.45, 7) is 10.9. The van der Waals surface area contributed by atoms with Crippen LogP contribution in [0.5, 0.6) is 0 Å². The average molecular weight is 523 g/mol. The van der Waals surface area contributed by atoms with Crippen molar-refractivity contribution in [2.75, 3.05) is 20.1 Å². The molecule has 1 aromatic carbocycles. The number of carbonyl (C=O) groups excluding carboxylic acids is 2. The molecule has 8 heteroatoms. The second kappa shape index (κ2) is 12.7. The molecule has 0 saturated heterocycles. The van der Waals surface area contributed by atoms with Crippen molar-refractivity contribution >= 4 is 23.3 Å². The van der Waals surface area contributed by atoms with E-state index in [-0.39, 0.29) is 17.6 Å². The molecule has 202 valence electrons. The van der Waals surface area contributed by atoms with E-state index in [2.05, 4.69) is 41.2 Å². The third-order valence-electron chi connectivity index (χ3n) is 7.21. The van der Waals surface area contributed by atoms with Gasteiger partial charge in [-0.05, 0) is 81.5 Å². The maximum atomic E-state index is 14.9. The SMILES string of the molecule is CN/C(=C/C(=O)NF)Cc1ccnc(C)c1/C=C(\C)C(C)N1CC=C(c2c(C)cc(C(C)=O)cc2F)CC1. The van der Waals surface area contributed by atoms with Gasteiger partial charge in [0.15, 0.2) is 5.78 Å². The number of nitrogens with zero attached hydrogens (tertiary/aromatic N) is 2. The van der Waals surface area contributed by atoms with Crippen molar-refractivity contribution in [2.45, 2.75) is 53.5 Å². The summed E-state index contributed by atoms with van der Waals surface area (Å²) in [6, 6.07) is 5.12. The Labute approximate surface area is 223 Å². The van der Waals surface area contributed by atoms with E-state index in [4.69, 9.17) is 0 Å². The van der Waals surface area contributed by atoms with E-state index >= 15 is 0 Å². The second-order valence-electron chi connectivity index (χ2n) is 9.77. The molecule has 1 aliphatic heterocycles. The molecular formula is C30H36F2N4O2. The molecule has 1 amide bonds. The molecule has 1 unspecified atom stereocenters. The quantitative estimate of drug-likeness (QED) is 0.267. The summed E-state index contributed by atoms with van der Waals surface area (Å²) in [4.78, 5) is 30.0. The first kappa shape index (κ1) is 28.9. The Morgan fingerprint density at radius 1 is 1.24 bits per heavy atom. The van der Waals surface area contributed by atoms with Gasteiger partial charge in [-0.1, -0.05) is 22.2 Å². The first-order valence-corrected chi connectivity index (χ1v) is 12.7. The van der Waals surface area contributed by atoms with Crippen LogP contribution in [0.15, 0.2) is 47.8 Å². The fourth-order valence-electron chi connectivity index (χ4n) is 4.84. The largest absolute Gasteiger partial charge is 0.391 e. The summed E-state index contributed by atoms with van der Waals surface area (Å²) in [5, 5.41) is 2.96. The zero-order valence-electron chi connectivity index (χ0n) is 22.9. The normalized spacial score (nSPS) is 15.6. The van der Waals surface area contributed by atoms with E-state index in [1.54, 1.807) is 19.3 Å². The summed E-state index contributed by atoms with van der Waals surface area (Å²) in [6.07, 6.45) is 8.25. The predicted molar refractivity (Wildman–Crippen MR) is 147 cm³/mol. The van der Waals surface area contributed by atoms with Gasteiger partial charge in [0.25, 0.3) is 5.91 Å². The molecule has 2 heterocycles. The van der Waals surface area contributed by atoms with Crippen LogP contribution in [0.25, 0.3) is 11.6 Å². The number of hydrogen-bond acceptors (Lipinski definition) is 5. The molecule has 38 heavy (non-hydrogen) atoms. The Morgan fingerprint density at radius 3 is 2.55 bits per heavy atom. The molecule has 3 rings (SSSR count). The van der Waals surface area contributed by atoms with E-state index in [9.17, 15) is 18.5 Å². The summed E-state index contributed by atoms with van der Waals surface area (Å²) < 4.78 is 27.4. The van der Waals surface area contributed by atoms with Crippen LogP contribution in [0.1, 0.15) is 65.5 Å². The first-order valence-electron chi connectivity index (χ1n) is 12.7. The van der Waals surface area contributed by atoms with Crippen molar-refractivity contribution < 1.29 is 18.5 Å². The van der Waals surface area contributed by atoms with Crippen molar-refractivity contribution in [2.24, 2.45) is 0 Å². The van der Waals surface area contributed by atoms with Gasteiger partial charge in [0.2, 0.25) is 0 Å². The minimum atomic E-state index is -0.815. The zero-order valence-corrected chi connectivity index (χ0v) is 22.9. The Hall–Kier alpha value is -3.65. The number of aryl methyl sites for hydroxylation is 2. The van der Waals surface area contributed by atoms with Crippen LogP contribution in [0, 0.1) is 19.7 Å². The molecule has 2 N–H and O–H groups in total. The summed E-state index contributed by atoms with van der Waals surface area (Å²) in [7, 11) is 1.69. The minimum absolute atomic E-state index is 0.128. The highest BCUT2D eigenvalue weighted by molar-refractivity contribution is 5.94. The molecule has 0 spiro atoms. The van der Waals surface area contributed by atoms with Gasteiger partial charge >= 0.3 is 0 Å². The van der Waals surface area contributed by atoms with Crippen LogP contribution in [-0.4, -0.2) is 47.8 Å². The summed E-state index contributed by atoms with van der Waals surface area (Å²) >= 11 is 0. The highest BCUT2D eigenvalue weighted by Crippen LogP contribution is 2.30. The lowest BCUT2D eigenvalue weighted by Crippen LogP contribution is -2.37. The van der Waals surface area contributed by atoms with Gasteiger partial charge < -0.3 is 5.32 Å². The first-order chi connectivity index (χ1) is 18.0. The van der Waals surface area contributed by atoms with Crippen molar-refractivity contribution in [1.82, 2.24) is 20.7 Å². The number of likely N-dealkylation sites (N-methyl/N-ethyl adjacent to an activating group) is 1. The number of rotatable bonds is 9. The molecule has 0 aliphatic carbocycles. The Kier molecular flexibility index (Phi) is 9.69. The molecule has 6 nitrogen and oxygen atoms in total. The second-order valence-corrected chi connectivity index (χ2v) is 9.77. The van der Waals surface area contributed by atoms with Gasteiger partial charge in [-0.25, -0.2) is 4.39 Å². The summed E-state index contributed by atoms with van der Waals surface area (Å²) in [5.74, 6) is -1.31. The smallest absolute Gasteiger partial charge is 0.273 e. The number of aromatic nitrogens is 1. The lowest BCUT2D eigenvalue weighted by molar-refractivity contribution is -0.120. The number of hydrogen-bond donors (Lipinski definition) is 2. The Morgan fingerprint density at radius 2 is 1.97 bits per heavy atom. The fraction of sp³-hybridized carbons (Fsp3) is 0.367. The number of Topliss-reactive ketones (excluding diaryl/α,β-unsaturated/α-hetero) is 1. The van der Waals surface area contributed by atoms with E-state index < -0.39 is 5.91 Å². The molecular weight excluding hydrogens is 486 g/mol. The highest BCUT2D eigenvalue weighted by atomic mass is 19.2. The topological polar surface area (TPSA) is 74.3 Å². The van der Waals surface area contributed by atoms with Crippen LogP contribution >= 0.6 is 0 Å². The fourth-order valence-corrected chi connectivity index (χ4v) is 4.84. The van der Waals surface area contributed by atoms with Gasteiger partial charge in [0, 0.05) is 67.4 Å². The maximum absolute atomic E-state index is 14.9. The molecule has 2 aromatic rings. The number of ketones is 1. The number of nitrogens with one attached hydrogen (secondary N) is 2. The van der Waals surface area contributed by atoms with Gasteiger partial charge in [-0.2, -0.15) is 5.54 Å². The van der Waals surface area contributed by atoms with E-state index in [0.29, 0.717) is 36.2 Å². The van der Waals surface area contributed by atoms with Crippen molar-refractivity contribution in [3.63, 3.8) is 0 Å². The van der Waals surface area contributed by atoms with Gasteiger partial charge in [0.1, 0.15) is 5.82 Å². The Bertz CT molecular complexity index is 1290. The van der Waals surface area contributed by atoms with Crippen molar-refractivity contribution in [3.05, 3.63) is 87.1 Å². The van der Waals surface area contributed by atoms with Crippen LogP contribution in [-0.2, 0) is 11.2 Å². The minimum Gasteiger partial charge on any atom is -0.391 e. The van der Waals surface area contributed by atoms with Crippen LogP contribution in [0.4, 0.5) is 8.87 Å². The number of allylic oxidation sites excluding steroid dienone is 1. The van der Waals surface area contributed by atoms with Crippen LogP contribution in [0.3, 0.4) is 0 Å². The number of amides is 1. The van der Waals surface area contributed by atoms with Crippen LogP contribution in [0.2, 0.25) is 0 Å². The number of pyridine rings is 1. The van der Waals surface area contributed by atoms with Crippen LogP contribution < -0.4 is 10.9 Å². The monoisotopic (exact) mass is 522 g/mol. The van der Waals surface area contributed by atoms with Gasteiger partial charge in [-0.15, -0.1) is 0 Å². The number of benzene rings is 1. The number of carbonyl (C=O) groups is 2. The molecule has 0 fully saturated rings. The molecule has 0 saturated carbocycles. The van der Waals surface area contributed by atoms with Gasteiger partial charge in [-0.3, -0.25) is 19.5 Å². The average Bonchev–Trinajstić information content (AvgIpc) is 2.89.